The van der Waals surface area contributed by atoms with Crippen LogP contribution >= 0.6 is 0 Å². The molecule has 0 radical (unpaired) electrons. The third kappa shape index (κ3) is 4.92. The number of esters is 1. The molecule has 1 aliphatic rings. The number of aromatic nitrogens is 1. The molecule has 2 heterocycles. The van der Waals surface area contributed by atoms with Gasteiger partial charge in [0.25, 0.3) is 0 Å². The second-order valence-electron chi connectivity index (χ2n) is 7.37. The zero-order valence-electron chi connectivity index (χ0n) is 17.5. The highest BCUT2D eigenvalue weighted by atomic mass is 16.5. The number of pyridine rings is 1. The van der Waals surface area contributed by atoms with Crippen molar-refractivity contribution in [3.63, 3.8) is 0 Å². The van der Waals surface area contributed by atoms with Crippen LogP contribution in [0.15, 0.2) is 30.3 Å². The fraction of sp³-hybridized carbons (Fsp3) is 0.409. The maximum absolute atomic E-state index is 12.5. The highest BCUT2D eigenvalue weighted by molar-refractivity contribution is 5.93. The van der Waals surface area contributed by atoms with Gasteiger partial charge in [0, 0.05) is 31.9 Å². The molecule has 7 heteroatoms. The van der Waals surface area contributed by atoms with Gasteiger partial charge < -0.3 is 15.0 Å². The van der Waals surface area contributed by atoms with Crippen LogP contribution in [0.25, 0.3) is 0 Å². The number of para-hydroxylation sites is 1. The van der Waals surface area contributed by atoms with Gasteiger partial charge in [0.2, 0.25) is 5.91 Å². The third-order valence-electron chi connectivity index (χ3n) is 5.29. The first kappa shape index (κ1) is 20.8. The Kier molecular flexibility index (Phi) is 6.49. The molecule has 0 spiro atoms. The summed E-state index contributed by atoms with van der Waals surface area (Å²) in [4.78, 5) is 33.1. The zero-order chi connectivity index (χ0) is 21.0. The lowest BCUT2D eigenvalue weighted by atomic mass is 10.1. The van der Waals surface area contributed by atoms with Crippen molar-refractivity contribution in [3.8, 4) is 0 Å². The van der Waals surface area contributed by atoms with Gasteiger partial charge in [-0.05, 0) is 44.0 Å². The van der Waals surface area contributed by atoms with Crippen LogP contribution in [-0.4, -0.2) is 61.6 Å². The number of nitrogens with one attached hydrogen (secondary N) is 1. The summed E-state index contributed by atoms with van der Waals surface area (Å²) >= 11 is 0. The number of rotatable bonds is 5. The lowest BCUT2D eigenvalue weighted by molar-refractivity contribution is -0.117. The fourth-order valence-corrected chi connectivity index (χ4v) is 3.58. The lowest BCUT2D eigenvalue weighted by Crippen LogP contribution is -2.49. The molecule has 1 aromatic carbocycles. The van der Waals surface area contributed by atoms with Crippen LogP contribution in [0, 0.1) is 20.8 Å². The van der Waals surface area contributed by atoms with E-state index < -0.39 is 0 Å². The van der Waals surface area contributed by atoms with E-state index >= 15 is 0 Å². The molecule has 3 rings (SSSR count). The van der Waals surface area contributed by atoms with Gasteiger partial charge in [0.15, 0.2) is 0 Å². The molecule has 1 saturated heterocycles. The molecular formula is C22H28N4O3. The van der Waals surface area contributed by atoms with Crippen molar-refractivity contribution in [2.45, 2.75) is 20.8 Å². The van der Waals surface area contributed by atoms with Gasteiger partial charge in [0.05, 0.1) is 24.9 Å². The number of aryl methyl sites for hydroxylation is 3. The van der Waals surface area contributed by atoms with Crippen LogP contribution in [0.2, 0.25) is 0 Å². The van der Waals surface area contributed by atoms with E-state index in [1.165, 1.54) is 7.11 Å². The normalized spacial score (nSPS) is 14.6. The van der Waals surface area contributed by atoms with E-state index in [4.69, 9.17) is 4.74 Å². The van der Waals surface area contributed by atoms with Crippen molar-refractivity contribution in [1.29, 1.82) is 0 Å². The summed E-state index contributed by atoms with van der Waals surface area (Å²) < 4.78 is 4.77. The van der Waals surface area contributed by atoms with Gasteiger partial charge in [-0.3, -0.25) is 9.69 Å². The molecule has 1 aromatic heterocycles. The van der Waals surface area contributed by atoms with Crippen molar-refractivity contribution in [2.24, 2.45) is 0 Å². The molecule has 2 aromatic rings. The van der Waals surface area contributed by atoms with E-state index in [9.17, 15) is 9.59 Å². The smallest absolute Gasteiger partial charge is 0.339 e. The van der Waals surface area contributed by atoms with Crippen LogP contribution in [0.1, 0.15) is 27.2 Å². The van der Waals surface area contributed by atoms with Gasteiger partial charge in [-0.25, -0.2) is 9.78 Å². The molecule has 0 atom stereocenters. The summed E-state index contributed by atoms with van der Waals surface area (Å²) in [6.45, 7) is 9.30. The highest BCUT2D eigenvalue weighted by Gasteiger charge is 2.21. The first-order valence-corrected chi connectivity index (χ1v) is 9.78. The Morgan fingerprint density at radius 3 is 2.28 bits per heavy atom. The second kappa shape index (κ2) is 9.05. The maximum Gasteiger partial charge on any atom is 0.339 e. The SMILES string of the molecule is COC(=O)c1ccc(N2CCN(CC(=O)Nc3c(C)cccc3C)CC2)nc1C. The second-order valence-corrected chi connectivity index (χ2v) is 7.37. The Labute approximate surface area is 171 Å². The predicted octanol–water partition coefficient (Wildman–Crippen LogP) is 2.55. The molecule has 154 valence electrons. The standard InChI is InChI=1S/C22H28N4O3/c1-15-6-5-7-16(2)21(15)24-20(27)14-25-10-12-26(13-11-25)19-9-8-18(17(3)23-19)22(28)29-4/h5-9H,10-14H2,1-4H3,(H,24,27). The van der Waals surface area contributed by atoms with Gasteiger partial charge in [-0.15, -0.1) is 0 Å². The van der Waals surface area contributed by atoms with Gasteiger partial charge in [-0.1, -0.05) is 18.2 Å². The van der Waals surface area contributed by atoms with Crippen molar-refractivity contribution in [2.75, 3.05) is 50.1 Å². The Hall–Kier alpha value is -2.93. The van der Waals surface area contributed by atoms with Crippen LogP contribution < -0.4 is 10.2 Å². The summed E-state index contributed by atoms with van der Waals surface area (Å²) in [5.74, 6) is 0.475. The number of benzene rings is 1. The molecule has 7 nitrogen and oxygen atoms in total. The largest absolute Gasteiger partial charge is 0.465 e. The van der Waals surface area contributed by atoms with Crippen LogP contribution in [-0.2, 0) is 9.53 Å². The van der Waals surface area contributed by atoms with Crippen LogP contribution in [0.5, 0.6) is 0 Å². The van der Waals surface area contributed by atoms with E-state index in [-0.39, 0.29) is 11.9 Å². The van der Waals surface area contributed by atoms with Crippen molar-refractivity contribution >= 4 is 23.4 Å². The van der Waals surface area contributed by atoms with Crippen molar-refractivity contribution < 1.29 is 14.3 Å². The van der Waals surface area contributed by atoms with Gasteiger partial charge in [-0.2, -0.15) is 0 Å². The lowest BCUT2D eigenvalue weighted by Gasteiger charge is -2.35. The van der Waals surface area contributed by atoms with E-state index in [0.29, 0.717) is 17.8 Å². The number of ether oxygens (including phenoxy) is 1. The summed E-state index contributed by atoms with van der Waals surface area (Å²) in [6.07, 6.45) is 0. The minimum Gasteiger partial charge on any atom is -0.465 e. The summed E-state index contributed by atoms with van der Waals surface area (Å²) in [6, 6.07) is 9.60. The molecule has 1 N–H and O–H groups in total. The molecule has 1 aliphatic heterocycles. The number of methoxy groups -OCH3 is 1. The average Bonchev–Trinajstić information content (AvgIpc) is 2.71. The van der Waals surface area contributed by atoms with E-state index in [2.05, 4.69) is 20.1 Å². The van der Waals surface area contributed by atoms with Crippen molar-refractivity contribution in [3.05, 3.63) is 52.7 Å². The molecule has 0 aliphatic carbocycles. The van der Waals surface area contributed by atoms with E-state index in [1.54, 1.807) is 6.07 Å². The Morgan fingerprint density at radius 2 is 1.69 bits per heavy atom. The minimum atomic E-state index is -0.374. The van der Waals surface area contributed by atoms with Crippen LogP contribution in [0.4, 0.5) is 11.5 Å². The van der Waals surface area contributed by atoms with Gasteiger partial charge in [0.1, 0.15) is 5.82 Å². The number of amides is 1. The Morgan fingerprint density at radius 1 is 1.03 bits per heavy atom. The van der Waals surface area contributed by atoms with Gasteiger partial charge >= 0.3 is 5.97 Å². The number of hydrogen-bond donors (Lipinski definition) is 1. The first-order chi connectivity index (χ1) is 13.9. The third-order valence-corrected chi connectivity index (χ3v) is 5.29. The molecular weight excluding hydrogens is 368 g/mol. The summed E-state index contributed by atoms with van der Waals surface area (Å²) in [7, 11) is 1.37. The number of piperazine rings is 1. The average molecular weight is 396 g/mol. The predicted molar refractivity (Wildman–Crippen MR) is 114 cm³/mol. The zero-order valence-corrected chi connectivity index (χ0v) is 17.5. The molecule has 0 bridgehead atoms. The monoisotopic (exact) mass is 396 g/mol. The molecule has 1 amide bonds. The Bertz CT molecular complexity index is 885. The van der Waals surface area contributed by atoms with E-state index in [0.717, 1.165) is 48.8 Å². The van der Waals surface area contributed by atoms with E-state index in [1.807, 2.05) is 45.0 Å². The summed E-state index contributed by atoms with van der Waals surface area (Å²) in [5.41, 5.74) is 4.18. The molecule has 0 unspecified atom stereocenters. The number of carbonyl (C=O) groups excluding carboxylic acids is 2. The fourth-order valence-electron chi connectivity index (χ4n) is 3.58. The number of anilines is 2. The molecule has 1 fully saturated rings. The number of carbonyl (C=O) groups is 2. The molecule has 0 saturated carbocycles. The first-order valence-electron chi connectivity index (χ1n) is 9.78. The highest BCUT2D eigenvalue weighted by Crippen LogP contribution is 2.20. The summed E-state index contributed by atoms with van der Waals surface area (Å²) in [5, 5.41) is 3.05. The quantitative estimate of drug-likeness (QED) is 0.783. The Balaban J connectivity index is 1.55. The number of nitrogens with zero attached hydrogens (tertiary/aromatic N) is 3. The maximum atomic E-state index is 12.5. The topological polar surface area (TPSA) is 74.8 Å². The van der Waals surface area contributed by atoms with Crippen molar-refractivity contribution in [1.82, 2.24) is 9.88 Å². The minimum absolute atomic E-state index is 0.00671. The molecule has 29 heavy (non-hydrogen) atoms. The number of hydrogen-bond acceptors (Lipinski definition) is 6. The van der Waals surface area contributed by atoms with Crippen LogP contribution in [0.3, 0.4) is 0 Å².